The maximum Gasteiger partial charge on any atom is 0.267 e. The molecular weight excluding hydrogens is 383 g/mol. The van der Waals surface area contributed by atoms with E-state index in [-0.39, 0.29) is 24.0 Å². The maximum atomic E-state index is 13.5. The summed E-state index contributed by atoms with van der Waals surface area (Å²) >= 11 is 0. The van der Waals surface area contributed by atoms with Gasteiger partial charge in [0, 0.05) is 31.4 Å². The van der Waals surface area contributed by atoms with E-state index in [1.165, 1.54) is 22.9 Å². The van der Waals surface area contributed by atoms with Crippen LogP contribution in [-0.2, 0) is 6.54 Å². The predicted molar refractivity (Wildman–Crippen MR) is 114 cm³/mol. The van der Waals surface area contributed by atoms with Gasteiger partial charge < -0.3 is 10.2 Å². The summed E-state index contributed by atoms with van der Waals surface area (Å²) in [6, 6.07) is 11.7. The highest BCUT2D eigenvalue weighted by atomic mass is 19.1. The molecule has 1 aliphatic heterocycles. The molecule has 1 fully saturated rings. The molecule has 2 aromatic heterocycles. The van der Waals surface area contributed by atoms with Crippen LogP contribution in [-0.4, -0.2) is 38.9 Å². The highest BCUT2D eigenvalue weighted by Gasteiger charge is 2.24. The van der Waals surface area contributed by atoms with Gasteiger partial charge in [-0.15, -0.1) is 0 Å². The molecule has 3 aromatic rings. The quantitative estimate of drug-likeness (QED) is 0.676. The van der Waals surface area contributed by atoms with Crippen molar-refractivity contribution >= 4 is 11.6 Å². The molecular formula is C22H25FN6O. The van der Waals surface area contributed by atoms with E-state index in [0.717, 1.165) is 49.8 Å². The van der Waals surface area contributed by atoms with Crippen molar-refractivity contribution in [1.29, 1.82) is 0 Å². The first-order valence-corrected chi connectivity index (χ1v) is 10.2. The van der Waals surface area contributed by atoms with Gasteiger partial charge in [-0.05, 0) is 56.0 Å². The Labute approximate surface area is 174 Å². The minimum absolute atomic E-state index is 0.203. The second-order valence-corrected chi connectivity index (χ2v) is 7.53. The molecule has 8 heteroatoms. The van der Waals surface area contributed by atoms with Gasteiger partial charge in [0.15, 0.2) is 0 Å². The summed E-state index contributed by atoms with van der Waals surface area (Å²) in [6.45, 7) is 3.70. The van der Waals surface area contributed by atoms with Gasteiger partial charge >= 0.3 is 0 Å². The summed E-state index contributed by atoms with van der Waals surface area (Å²) in [7, 11) is 0. The third kappa shape index (κ3) is 4.82. The molecule has 1 unspecified atom stereocenters. The number of nitrogens with zero attached hydrogens (tertiary/aromatic N) is 5. The number of anilines is 2. The molecule has 4 rings (SSSR count). The number of aromatic nitrogens is 4. The van der Waals surface area contributed by atoms with E-state index in [2.05, 4.69) is 25.3 Å². The summed E-state index contributed by atoms with van der Waals surface area (Å²) in [5.74, 6) is 1.97. The van der Waals surface area contributed by atoms with Gasteiger partial charge in [0.25, 0.3) is 5.56 Å². The minimum atomic E-state index is -0.321. The van der Waals surface area contributed by atoms with E-state index < -0.39 is 0 Å². The Bertz CT molecular complexity index is 1070. The van der Waals surface area contributed by atoms with Crippen molar-refractivity contribution < 1.29 is 4.39 Å². The molecule has 30 heavy (non-hydrogen) atoms. The molecule has 3 heterocycles. The molecule has 1 aliphatic rings. The fourth-order valence-corrected chi connectivity index (χ4v) is 3.80. The number of piperidine rings is 1. The van der Waals surface area contributed by atoms with Crippen LogP contribution < -0.4 is 15.8 Å². The van der Waals surface area contributed by atoms with Crippen LogP contribution in [0.5, 0.6) is 0 Å². The van der Waals surface area contributed by atoms with Crippen molar-refractivity contribution in [3.05, 3.63) is 76.2 Å². The first-order chi connectivity index (χ1) is 14.6. The third-order valence-electron chi connectivity index (χ3n) is 5.29. The fraction of sp³-hybridized carbons (Fsp3) is 0.364. The van der Waals surface area contributed by atoms with Crippen LogP contribution in [0.3, 0.4) is 0 Å². The zero-order chi connectivity index (χ0) is 20.9. The second-order valence-electron chi connectivity index (χ2n) is 7.53. The predicted octanol–water partition coefficient (Wildman–Crippen LogP) is 3.00. The van der Waals surface area contributed by atoms with Crippen molar-refractivity contribution in [2.24, 2.45) is 0 Å². The third-order valence-corrected chi connectivity index (χ3v) is 5.29. The van der Waals surface area contributed by atoms with Crippen LogP contribution in [0, 0.1) is 12.7 Å². The summed E-state index contributed by atoms with van der Waals surface area (Å²) in [6.07, 6.45) is 5.00. The van der Waals surface area contributed by atoms with Gasteiger partial charge in [0.1, 0.15) is 23.3 Å². The van der Waals surface area contributed by atoms with Gasteiger partial charge in [-0.1, -0.05) is 12.1 Å². The Balaban J connectivity index is 1.52. The highest BCUT2D eigenvalue weighted by Crippen LogP contribution is 2.23. The van der Waals surface area contributed by atoms with E-state index in [9.17, 15) is 9.18 Å². The molecule has 1 saturated heterocycles. The normalized spacial score (nSPS) is 16.5. The highest BCUT2D eigenvalue weighted by molar-refractivity contribution is 5.41. The summed E-state index contributed by atoms with van der Waals surface area (Å²) in [5, 5.41) is 7.99. The summed E-state index contributed by atoms with van der Waals surface area (Å²) < 4.78 is 14.9. The van der Waals surface area contributed by atoms with Gasteiger partial charge in [0.2, 0.25) is 0 Å². The van der Waals surface area contributed by atoms with Crippen molar-refractivity contribution in [1.82, 2.24) is 19.7 Å². The molecule has 1 N–H and O–H groups in total. The van der Waals surface area contributed by atoms with Crippen molar-refractivity contribution in [2.45, 2.75) is 38.8 Å². The van der Waals surface area contributed by atoms with E-state index in [1.807, 2.05) is 13.0 Å². The van der Waals surface area contributed by atoms with Crippen LogP contribution in [0.15, 0.2) is 53.5 Å². The molecule has 0 saturated carbocycles. The molecule has 7 nitrogen and oxygen atoms in total. The minimum Gasteiger partial charge on any atom is -0.368 e. The van der Waals surface area contributed by atoms with E-state index in [0.29, 0.717) is 5.56 Å². The average molecular weight is 408 g/mol. The molecule has 0 radical (unpaired) electrons. The summed E-state index contributed by atoms with van der Waals surface area (Å²) in [4.78, 5) is 23.1. The number of hydrogen-bond donors (Lipinski definition) is 1. The summed E-state index contributed by atoms with van der Waals surface area (Å²) in [5.41, 5.74) is 0.504. The molecule has 0 aliphatic carbocycles. The lowest BCUT2D eigenvalue weighted by Gasteiger charge is -2.36. The Morgan fingerprint density at radius 1 is 1.20 bits per heavy atom. The number of benzene rings is 1. The maximum absolute atomic E-state index is 13.5. The SMILES string of the molecule is Cc1nccc(NCC2CCCCN2c2ccc(=O)n(Cc3cccc(F)c3)n2)n1. The van der Waals surface area contributed by atoms with Crippen LogP contribution in [0.1, 0.15) is 30.7 Å². The van der Waals surface area contributed by atoms with E-state index >= 15 is 0 Å². The molecule has 0 spiro atoms. The van der Waals surface area contributed by atoms with Crippen molar-refractivity contribution in [3.63, 3.8) is 0 Å². The Morgan fingerprint density at radius 2 is 2.10 bits per heavy atom. The molecule has 1 aromatic carbocycles. The molecule has 0 bridgehead atoms. The Kier molecular flexibility index (Phi) is 6.02. The first-order valence-electron chi connectivity index (χ1n) is 10.2. The number of rotatable bonds is 6. The lowest BCUT2D eigenvalue weighted by atomic mass is 10.0. The zero-order valence-electron chi connectivity index (χ0n) is 17.0. The Hall–Kier alpha value is -3.29. The number of halogens is 1. The zero-order valence-corrected chi connectivity index (χ0v) is 17.0. The van der Waals surface area contributed by atoms with Gasteiger partial charge in [-0.25, -0.2) is 19.0 Å². The first kappa shape index (κ1) is 20.0. The second kappa shape index (κ2) is 9.02. The van der Waals surface area contributed by atoms with Gasteiger partial charge in [-0.3, -0.25) is 4.79 Å². The largest absolute Gasteiger partial charge is 0.368 e. The average Bonchev–Trinajstić information content (AvgIpc) is 2.74. The van der Waals surface area contributed by atoms with Crippen molar-refractivity contribution in [3.8, 4) is 0 Å². The topological polar surface area (TPSA) is 75.9 Å². The van der Waals surface area contributed by atoms with Gasteiger partial charge in [0.05, 0.1) is 6.54 Å². The number of aryl methyl sites for hydroxylation is 1. The van der Waals surface area contributed by atoms with Crippen LogP contribution in [0.2, 0.25) is 0 Å². The Morgan fingerprint density at radius 3 is 2.93 bits per heavy atom. The fourth-order valence-electron chi connectivity index (χ4n) is 3.80. The van der Waals surface area contributed by atoms with Crippen LogP contribution in [0.25, 0.3) is 0 Å². The van der Waals surface area contributed by atoms with E-state index in [1.54, 1.807) is 24.4 Å². The standard InChI is InChI=1S/C22H25FN6O/c1-16-24-11-10-20(26-16)25-14-19-7-2-3-12-28(19)21-8-9-22(30)29(27-21)15-17-5-4-6-18(23)13-17/h4-6,8-11,13,19H,2-3,7,12,14-15H2,1H3,(H,24,25,26). The van der Waals surface area contributed by atoms with Gasteiger partial charge in [-0.2, -0.15) is 5.10 Å². The van der Waals surface area contributed by atoms with Crippen LogP contribution in [0.4, 0.5) is 16.0 Å². The monoisotopic (exact) mass is 408 g/mol. The lowest BCUT2D eigenvalue weighted by molar-refractivity contribution is 0.462. The van der Waals surface area contributed by atoms with Crippen LogP contribution >= 0.6 is 0 Å². The molecule has 156 valence electrons. The lowest BCUT2D eigenvalue weighted by Crippen LogP contribution is -2.45. The van der Waals surface area contributed by atoms with Crippen molar-refractivity contribution in [2.75, 3.05) is 23.3 Å². The molecule has 1 atom stereocenters. The number of hydrogen-bond acceptors (Lipinski definition) is 6. The van der Waals surface area contributed by atoms with E-state index in [4.69, 9.17) is 0 Å². The number of nitrogens with one attached hydrogen (secondary N) is 1. The smallest absolute Gasteiger partial charge is 0.267 e. The molecule has 0 amide bonds.